The molecule has 0 saturated carbocycles. The highest BCUT2D eigenvalue weighted by atomic mass is 35.5. The summed E-state index contributed by atoms with van der Waals surface area (Å²) in [6.45, 7) is 6.56. The van der Waals surface area contributed by atoms with Crippen molar-refractivity contribution in [1.29, 1.82) is 0 Å². The lowest BCUT2D eigenvalue weighted by Crippen LogP contribution is -2.28. The molecule has 0 aliphatic carbocycles. The fraction of sp³-hybridized carbons (Fsp3) is 0.360. The van der Waals surface area contributed by atoms with Gasteiger partial charge in [-0.3, -0.25) is 0 Å². The first kappa shape index (κ1) is 26.2. The largest absolute Gasteiger partial charge is 0.487 e. The zero-order valence-corrected chi connectivity index (χ0v) is 20.7. The second-order valence-electron chi connectivity index (χ2n) is 7.21. The van der Waals surface area contributed by atoms with Crippen LogP contribution in [-0.4, -0.2) is 54.4 Å². The second kappa shape index (κ2) is 13.5. The smallest absolute Gasteiger partial charge is 0.335 e. The molecule has 0 amide bonds. The van der Waals surface area contributed by atoms with Crippen LogP contribution in [0.2, 0.25) is 5.02 Å². The maximum Gasteiger partial charge on any atom is 0.335 e. The van der Waals surface area contributed by atoms with E-state index in [-0.39, 0.29) is 18.5 Å². The first-order valence-electron chi connectivity index (χ1n) is 11.3. The molecule has 0 fully saturated rings. The third kappa shape index (κ3) is 7.80. The summed E-state index contributed by atoms with van der Waals surface area (Å²) in [5.41, 5.74) is 1.95. The van der Waals surface area contributed by atoms with Crippen LogP contribution in [0.3, 0.4) is 0 Å². The quantitative estimate of drug-likeness (QED) is 0.188. The predicted octanol–water partition coefficient (Wildman–Crippen LogP) is 4.72. The highest BCUT2D eigenvalue weighted by Gasteiger charge is 2.21. The lowest BCUT2D eigenvalue weighted by Gasteiger charge is -2.15. The molecule has 1 unspecified atom stereocenters. The molecule has 3 aromatic rings. The summed E-state index contributed by atoms with van der Waals surface area (Å²) in [7, 11) is 0. The fourth-order valence-corrected chi connectivity index (χ4v) is 3.27. The molecule has 1 atom stereocenters. The van der Waals surface area contributed by atoms with E-state index in [1.165, 1.54) is 0 Å². The minimum atomic E-state index is -0.650. The van der Waals surface area contributed by atoms with Gasteiger partial charge in [-0.2, -0.15) is 0 Å². The van der Waals surface area contributed by atoms with Crippen molar-refractivity contribution in [2.24, 2.45) is 5.16 Å². The third-order valence-electron chi connectivity index (χ3n) is 4.68. The lowest BCUT2D eigenvalue weighted by molar-refractivity contribution is -0.156. The molecule has 0 aliphatic rings. The van der Waals surface area contributed by atoms with E-state index < -0.39 is 6.10 Å². The number of ether oxygens (including phenoxy) is 3. The van der Waals surface area contributed by atoms with Gasteiger partial charge in [0.05, 0.1) is 6.61 Å². The Morgan fingerprint density at radius 2 is 1.86 bits per heavy atom. The molecule has 0 aliphatic heterocycles. The van der Waals surface area contributed by atoms with Crippen LogP contribution in [0.5, 0.6) is 5.75 Å². The first-order valence-corrected chi connectivity index (χ1v) is 11.7. The molecule has 1 heterocycles. The molecule has 35 heavy (non-hydrogen) atoms. The monoisotopic (exact) mass is 501 g/mol. The van der Waals surface area contributed by atoms with Crippen molar-refractivity contribution in [3.05, 3.63) is 65.0 Å². The average Bonchev–Trinajstić information content (AvgIpc) is 3.35. The number of benzene rings is 2. The molecule has 1 aromatic heterocycles. The van der Waals surface area contributed by atoms with Crippen molar-refractivity contribution in [3.63, 3.8) is 0 Å². The molecule has 0 saturated heterocycles. The maximum absolute atomic E-state index is 12.1. The molecule has 186 valence electrons. The van der Waals surface area contributed by atoms with Crippen molar-refractivity contribution >= 4 is 23.3 Å². The Hall–Kier alpha value is -3.43. The minimum absolute atomic E-state index is 0.0426. The number of nitrogens with zero attached hydrogens (tertiary/aromatic N) is 3. The van der Waals surface area contributed by atoms with Gasteiger partial charge < -0.3 is 23.5 Å². The average molecular weight is 502 g/mol. The Labute approximate surface area is 209 Å². The van der Waals surface area contributed by atoms with E-state index in [0.717, 1.165) is 5.56 Å². The van der Waals surface area contributed by atoms with Crippen molar-refractivity contribution in [2.75, 3.05) is 26.4 Å². The van der Waals surface area contributed by atoms with Gasteiger partial charge in [0.2, 0.25) is 5.89 Å². The van der Waals surface area contributed by atoms with E-state index in [1.54, 1.807) is 37.3 Å². The van der Waals surface area contributed by atoms with Crippen molar-refractivity contribution in [2.45, 2.75) is 33.3 Å². The number of carbonyl (C=O) groups is 1. The van der Waals surface area contributed by atoms with Crippen molar-refractivity contribution in [1.82, 2.24) is 10.2 Å². The van der Waals surface area contributed by atoms with Gasteiger partial charge in [0, 0.05) is 23.6 Å². The van der Waals surface area contributed by atoms with Crippen LogP contribution in [0.25, 0.3) is 11.5 Å². The second-order valence-corrected chi connectivity index (χ2v) is 7.65. The van der Waals surface area contributed by atoms with E-state index >= 15 is 0 Å². The SMILES string of the molecule is CCO/N=C(\COc1ccc(CC(OCC)C(=O)OCC)cc1)c1nnc(-c2cccc(Cl)c2)o1. The van der Waals surface area contributed by atoms with Gasteiger partial charge in [0.25, 0.3) is 5.89 Å². The Bertz CT molecular complexity index is 1120. The number of halogens is 1. The highest BCUT2D eigenvalue weighted by Crippen LogP contribution is 2.22. The van der Waals surface area contributed by atoms with Crippen molar-refractivity contribution in [3.8, 4) is 17.2 Å². The topological polar surface area (TPSA) is 105 Å². The number of oxime groups is 1. The molecular formula is C25H28ClN3O6. The molecule has 0 spiro atoms. The number of rotatable bonds is 13. The van der Waals surface area contributed by atoms with Gasteiger partial charge >= 0.3 is 5.97 Å². The summed E-state index contributed by atoms with van der Waals surface area (Å²) >= 11 is 6.05. The van der Waals surface area contributed by atoms with E-state index in [4.69, 9.17) is 35.1 Å². The van der Waals surface area contributed by atoms with Gasteiger partial charge in [-0.05, 0) is 56.7 Å². The van der Waals surface area contributed by atoms with Crippen LogP contribution < -0.4 is 4.74 Å². The van der Waals surface area contributed by atoms with Crippen LogP contribution in [0.15, 0.2) is 58.1 Å². The Kier molecular flexibility index (Phi) is 10.1. The van der Waals surface area contributed by atoms with Crippen LogP contribution in [0.1, 0.15) is 32.2 Å². The van der Waals surface area contributed by atoms with Crippen LogP contribution >= 0.6 is 11.6 Å². The Balaban J connectivity index is 1.66. The maximum atomic E-state index is 12.1. The standard InChI is InChI=1S/C25H28ClN3O6/c1-4-31-22(25(30)32-5-2)14-17-10-12-20(13-11-17)33-16-21(29-34-6-3)24-28-27-23(35-24)18-8-7-9-19(26)15-18/h7-13,15,22H,4-6,14,16H2,1-3H3/b29-21+. The van der Waals surface area contributed by atoms with E-state index in [1.807, 2.05) is 32.0 Å². The van der Waals surface area contributed by atoms with E-state index in [2.05, 4.69) is 15.4 Å². The minimum Gasteiger partial charge on any atom is -0.487 e. The molecule has 9 nitrogen and oxygen atoms in total. The molecular weight excluding hydrogens is 474 g/mol. The first-order chi connectivity index (χ1) is 17.0. The van der Waals surface area contributed by atoms with Crippen LogP contribution in [0.4, 0.5) is 0 Å². The summed E-state index contributed by atoms with van der Waals surface area (Å²) in [4.78, 5) is 17.3. The molecule has 0 bridgehead atoms. The molecule has 0 radical (unpaired) electrons. The lowest BCUT2D eigenvalue weighted by atomic mass is 10.1. The third-order valence-corrected chi connectivity index (χ3v) is 4.92. The molecule has 2 aromatic carbocycles. The summed E-state index contributed by atoms with van der Waals surface area (Å²) in [6, 6.07) is 14.4. The van der Waals surface area contributed by atoms with Gasteiger partial charge in [-0.25, -0.2) is 4.79 Å². The van der Waals surface area contributed by atoms with Gasteiger partial charge in [-0.15, -0.1) is 10.2 Å². The number of hydrogen-bond donors (Lipinski definition) is 0. The normalized spacial score (nSPS) is 12.3. The van der Waals surface area contributed by atoms with Crippen LogP contribution in [0, 0.1) is 0 Å². The summed E-state index contributed by atoms with van der Waals surface area (Å²) in [6.07, 6.45) is -0.249. The summed E-state index contributed by atoms with van der Waals surface area (Å²) in [5.74, 6) is 0.709. The van der Waals surface area contributed by atoms with E-state index in [0.29, 0.717) is 54.2 Å². The number of hydrogen-bond acceptors (Lipinski definition) is 9. The number of carbonyl (C=O) groups excluding carboxylic acids is 1. The van der Waals surface area contributed by atoms with Gasteiger partial charge in [0.15, 0.2) is 11.8 Å². The van der Waals surface area contributed by atoms with Crippen molar-refractivity contribution < 1.29 is 28.3 Å². The fourth-order valence-electron chi connectivity index (χ4n) is 3.08. The zero-order chi connectivity index (χ0) is 25.0. The summed E-state index contributed by atoms with van der Waals surface area (Å²) < 4.78 is 22.3. The molecule has 0 N–H and O–H groups in total. The van der Waals surface area contributed by atoms with Crippen LogP contribution in [-0.2, 0) is 25.5 Å². The zero-order valence-electron chi connectivity index (χ0n) is 19.9. The summed E-state index contributed by atoms with van der Waals surface area (Å²) in [5, 5.41) is 12.8. The molecule has 10 heteroatoms. The Morgan fingerprint density at radius 3 is 2.54 bits per heavy atom. The number of esters is 1. The van der Waals surface area contributed by atoms with Gasteiger partial charge in [0.1, 0.15) is 19.0 Å². The Morgan fingerprint density at radius 1 is 1.06 bits per heavy atom. The van der Waals surface area contributed by atoms with E-state index in [9.17, 15) is 4.79 Å². The van der Waals surface area contributed by atoms with Gasteiger partial charge in [-0.1, -0.05) is 35.0 Å². The predicted molar refractivity (Wildman–Crippen MR) is 131 cm³/mol. The number of aromatic nitrogens is 2. The molecule has 3 rings (SSSR count). The highest BCUT2D eigenvalue weighted by molar-refractivity contribution is 6.30.